The van der Waals surface area contributed by atoms with Crippen LogP contribution in [-0.2, 0) is 20.9 Å². The molecule has 2 aromatic carbocycles. The van der Waals surface area contributed by atoms with Crippen molar-refractivity contribution in [3.63, 3.8) is 0 Å². The Morgan fingerprint density at radius 2 is 1.74 bits per heavy atom. The number of carbonyl (C=O) groups excluding carboxylic acids is 2. The molecular weight excluding hydrogens is 428 g/mol. The summed E-state index contributed by atoms with van der Waals surface area (Å²) in [6.07, 6.45) is 0.701. The number of aryl methyl sites for hydroxylation is 1. The van der Waals surface area contributed by atoms with Gasteiger partial charge in [0.25, 0.3) is 11.8 Å². The van der Waals surface area contributed by atoms with Gasteiger partial charge in [0.1, 0.15) is 4.32 Å². The zero-order valence-electron chi connectivity index (χ0n) is 17.6. The third-order valence-electron chi connectivity index (χ3n) is 5.34. The van der Waals surface area contributed by atoms with Gasteiger partial charge in [-0.2, -0.15) is 0 Å². The molecule has 5 nitrogen and oxygen atoms in total. The van der Waals surface area contributed by atoms with E-state index < -0.39 is 0 Å². The Hall–Kier alpha value is -2.48. The molecular formula is C24H24N2O3S2. The molecule has 0 spiro atoms. The van der Waals surface area contributed by atoms with E-state index >= 15 is 0 Å². The van der Waals surface area contributed by atoms with E-state index in [1.807, 2.05) is 62.4 Å². The van der Waals surface area contributed by atoms with Gasteiger partial charge in [0.15, 0.2) is 0 Å². The van der Waals surface area contributed by atoms with Crippen LogP contribution in [0.1, 0.15) is 30.0 Å². The maximum absolute atomic E-state index is 13.5. The minimum atomic E-state index is -0.193. The quantitative estimate of drug-likeness (QED) is 0.351. The van der Waals surface area contributed by atoms with Crippen LogP contribution in [0.25, 0.3) is 5.57 Å². The van der Waals surface area contributed by atoms with Crippen molar-refractivity contribution in [3.05, 3.63) is 70.1 Å². The second-order valence-electron chi connectivity index (χ2n) is 7.47. The minimum Gasteiger partial charge on any atom is -0.382 e. The predicted molar refractivity (Wildman–Crippen MR) is 129 cm³/mol. The minimum absolute atomic E-state index is 0.156. The van der Waals surface area contributed by atoms with Crippen molar-refractivity contribution in [3.8, 4) is 0 Å². The SMILES string of the molecule is CCOCCCN1C(=O)C(=C2C(=O)N(Cc3ccc(C)cc3)c3ccccc32)SC1=S. The summed E-state index contributed by atoms with van der Waals surface area (Å²) in [6, 6.07) is 15.8. The normalized spacial score (nSPS) is 18.3. The summed E-state index contributed by atoms with van der Waals surface area (Å²) >= 11 is 6.68. The van der Waals surface area contributed by atoms with E-state index in [-0.39, 0.29) is 11.8 Å². The van der Waals surface area contributed by atoms with Gasteiger partial charge in [-0.25, -0.2) is 0 Å². The highest BCUT2D eigenvalue weighted by Gasteiger charge is 2.41. The first kappa shape index (κ1) is 21.7. The fraction of sp³-hybridized carbons (Fsp3) is 0.292. The molecule has 7 heteroatoms. The van der Waals surface area contributed by atoms with Crippen LogP contribution >= 0.6 is 24.0 Å². The van der Waals surface area contributed by atoms with Crippen molar-refractivity contribution in [1.82, 2.24) is 4.90 Å². The van der Waals surface area contributed by atoms with Gasteiger partial charge in [0.2, 0.25) is 0 Å². The van der Waals surface area contributed by atoms with Gasteiger partial charge in [-0.1, -0.05) is 72.0 Å². The first-order chi connectivity index (χ1) is 15.0. The fourth-order valence-electron chi connectivity index (χ4n) is 3.74. The molecule has 0 radical (unpaired) electrons. The molecule has 0 aromatic heterocycles. The summed E-state index contributed by atoms with van der Waals surface area (Å²) < 4.78 is 5.86. The van der Waals surface area contributed by atoms with Crippen LogP contribution in [0.2, 0.25) is 0 Å². The molecule has 2 aromatic rings. The zero-order chi connectivity index (χ0) is 22.0. The number of rotatable bonds is 7. The summed E-state index contributed by atoms with van der Waals surface area (Å²) in [6.45, 7) is 6.14. The van der Waals surface area contributed by atoms with Crippen LogP contribution in [0, 0.1) is 6.92 Å². The smallest absolute Gasteiger partial charge is 0.267 e. The Morgan fingerprint density at radius 1 is 1.00 bits per heavy atom. The number of nitrogens with zero attached hydrogens (tertiary/aromatic N) is 2. The van der Waals surface area contributed by atoms with E-state index in [0.717, 1.165) is 16.8 Å². The van der Waals surface area contributed by atoms with Crippen molar-refractivity contribution in [2.75, 3.05) is 24.7 Å². The summed E-state index contributed by atoms with van der Waals surface area (Å²) in [5.41, 5.74) is 4.27. The molecule has 160 valence electrons. The number of hydrogen-bond donors (Lipinski definition) is 0. The third-order valence-corrected chi connectivity index (χ3v) is 6.78. The predicted octanol–water partition coefficient (Wildman–Crippen LogP) is 4.54. The van der Waals surface area contributed by atoms with E-state index in [2.05, 4.69) is 0 Å². The number of ether oxygens (including phenoxy) is 1. The maximum Gasteiger partial charge on any atom is 0.267 e. The second-order valence-corrected chi connectivity index (χ2v) is 9.12. The topological polar surface area (TPSA) is 49.9 Å². The number of carbonyl (C=O) groups is 2. The Balaban J connectivity index is 1.64. The lowest BCUT2D eigenvalue weighted by molar-refractivity contribution is -0.122. The summed E-state index contributed by atoms with van der Waals surface area (Å²) in [7, 11) is 0. The highest BCUT2D eigenvalue weighted by molar-refractivity contribution is 8.26. The Labute approximate surface area is 192 Å². The van der Waals surface area contributed by atoms with Crippen LogP contribution in [0.15, 0.2) is 53.4 Å². The molecule has 0 atom stereocenters. The van der Waals surface area contributed by atoms with E-state index in [4.69, 9.17) is 17.0 Å². The van der Waals surface area contributed by atoms with Crippen molar-refractivity contribution < 1.29 is 14.3 Å². The van der Waals surface area contributed by atoms with Crippen LogP contribution in [0.5, 0.6) is 0 Å². The van der Waals surface area contributed by atoms with E-state index in [1.165, 1.54) is 17.3 Å². The number of amides is 2. The summed E-state index contributed by atoms with van der Waals surface area (Å²) in [4.78, 5) is 30.4. The molecule has 2 amide bonds. The number of thioether (sulfide) groups is 1. The Bertz CT molecular complexity index is 1060. The molecule has 1 fully saturated rings. The van der Waals surface area contributed by atoms with Gasteiger partial charge in [0, 0.05) is 25.3 Å². The van der Waals surface area contributed by atoms with E-state index in [1.54, 1.807) is 9.80 Å². The highest BCUT2D eigenvalue weighted by atomic mass is 32.2. The number of thiocarbonyl (C=S) groups is 1. The maximum atomic E-state index is 13.5. The largest absolute Gasteiger partial charge is 0.382 e. The molecule has 0 N–H and O–H groups in total. The third kappa shape index (κ3) is 4.31. The Kier molecular flexibility index (Phi) is 6.55. The molecule has 4 rings (SSSR count). The van der Waals surface area contributed by atoms with Crippen LogP contribution in [0.3, 0.4) is 0 Å². The second kappa shape index (κ2) is 9.34. The average Bonchev–Trinajstić information content (AvgIpc) is 3.20. The molecule has 2 heterocycles. The van der Waals surface area contributed by atoms with E-state index in [9.17, 15) is 9.59 Å². The van der Waals surface area contributed by atoms with Gasteiger partial charge < -0.3 is 9.64 Å². The number of anilines is 1. The van der Waals surface area contributed by atoms with Crippen LogP contribution in [0.4, 0.5) is 5.69 Å². The Morgan fingerprint density at radius 3 is 2.48 bits per heavy atom. The number of para-hydroxylation sites is 1. The molecule has 0 unspecified atom stereocenters. The van der Waals surface area contributed by atoms with Crippen molar-refractivity contribution in [2.45, 2.75) is 26.8 Å². The van der Waals surface area contributed by atoms with Crippen molar-refractivity contribution in [1.29, 1.82) is 0 Å². The lowest BCUT2D eigenvalue weighted by Gasteiger charge is -2.17. The van der Waals surface area contributed by atoms with Crippen LogP contribution < -0.4 is 4.90 Å². The molecule has 0 bridgehead atoms. The fourth-order valence-corrected chi connectivity index (χ4v) is 5.12. The van der Waals surface area contributed by atoms with Gasteiger partial charge >= 0.3 is 0 Å². The summed E-state index contributed by atoms with van der Waals surface area (Å²) in [5, 5.41) is 0. The monoisotopic (exact) mass is 452 g/mol. The zero-order valence-corrected chi connectivity index (χ0v) is 19.2. The van der Waals surface area contributed by atoms with Gasteiger partial charge in [-0.3, -0.25) is 14.5 Å². The van der Waals surface area contributed by atoms with Gasteiger partial charge in [0.05, 0.1) is 22.7 Å². The lowest BCUT2D eigenvalue weighted by atomic mass is 10.1. The molecule has 2 aliphatic rings. The average molecular weight is 453 g/mol. The lowest BCUT2D eigenvalue weighted by Crippen LogP contribution is -2.30. The number of hydrogen-bond acceptors (Lipinski definition) is 5. The van der Waals surface area contributed by atoms with Crippen molar-refractivity contribution >= 4 is 51.4 Å². The standard InChI is InChI=1S/C24H24N2O3S2/c1-3-29-14-6-13-25-23(28)21(31-24(25)30)20-18-7-4-5-8-19(18)26(22(20)27)15-17-11-9-16(2)10-12-17/h4-5,7-12H,3,6,13-15H2,1-2H3. The molecule has 0 saturated carbocycles. The molecule has 1 saturated heterocycles. The molecule has 0 aliphatic carbocycles. The number of fused-ring (bicyclic) bond motifs is 1. The summed E-state index contributed by atoms with van der Waals surface area (Å²) in [5.74, 6) is -0.349. The van der Waals surface area contributed by atoms with Gasteiger partial charge in [-0.05, 0) is 31.9 Å². The van der Waals surface area contributed by atoms with Crippen LogP contribution in [-0.4, -0.2) is 40.8 Å². The van der Waals surface area contributed by atoms with E-state index in [0.29, 0.717) is 47.5 Å². The first-order valence-corrected chi connectivity index (χ1v) is 11.6. The number of benzene rings is 2. The first-order valence-electron chi connectivity index (χ1n) is 10.3. The highest BCUT2D eigenvalue weighted by Crippen LogP contribution is 2.45. The molecule has 31 heavy (non-hydrogen) atoms. The van der Waals surface area contributed by atoms with Crippen molar-refractivity contribution in [2.24, 2.45) is 0 Å². The molecule has 2 aliphatic heterocycles. The van der Waals surface area contributed by atoms with Gasteiger partial charge in [-0.15, -0.1) is 0 Å².